The minimum absolute atomic E-state index is 0.129. The van der Waals surface area contributed by atoms with Crippen LogP contribution in [0.2, 0.25) is 0 Å². The first-order valence-electron chi connectivity index (χ1n) is 8.45. The van der Waals surface area contributed by atoms with Gasteiger partial charge in [-0.3, -0.25) is 4.79 Å². The molecule has 1 saturated carbocycles. The molecule has 6 nitrogen and oxygen atoms in total. The Kier molecular flexibility index (Phi) is 4.27. The zero-order chi connectivity index (χ0) is 16.6. The number of aryl methyl sites for hydroxylation is 2. The Morgan fingerprint density at radius 2 is 2.17 bits per heavy atom. The summed E-state index contributed by atoms with van der Waals surface area (Å²) in [6, 6.07) is 0. The zero-order valence-corrected chi connectivity index (χ0v) is 13.9. The number of nitrogens with one attached hydrogen (secondary N) is 1. The average Bonchev–Trinajstić information content (AvgIpc) is 3.25. The van der Waals surface area contributed by atoms with Crippen LogP contribution in [0.15, 0.2) is 4.79 Å². The highest BCUT2D eigenvalue weighted by atomic mass is 16.3. The fraction of sp³-hybridized carbons (Fsp3) is 0.706. The maximum Gasteiger partial charge on any atom is 0.345 e. The van der Waals surface area contributed by atoms with Crippen molar-refractivity contribution < 1.29 is 9.90 Å². The number of nitrogens with zero attached hydrogens (tertiary/aromatic N) is 2. The molecule has 1 aliphatic heterocycles. The standard InChI is InChI=1S/C17H25N3O3/c1-11-14(12(2)19-16(22)18-11)5-6-15(21)20-9-3-4-13(10-20)17(23)7-8-17/h13,23H,3-10H2,1-2H3,(H,18,19,22). The number of aromatic amines is 1. The largest absolute Gasteiger partial charge is 0.390 e. The fourth-order valence-electron chi connectivity index (χ4n) is 3.69. The lowest BCUT2D eigenvalue weighted by Gasteiger charge is -2.35. The molecule has 2 N–H and O–H groups in total. The van der Waals surface area contributed by atoms with Crippen LogP contribution >= 0.6 is 0 Å². The Morgan fingerprint density at radius 1 is 1.43 bits per heavy atom. The van der Waals surface area contributed by atoms with Crippen LogP contribution < -0.4 is 5.69 Å². The van der Waals surface area contributed by atoms with Crippen molar-refractivity contribution in [3.8, 4) is 0 Å². The summed E-state index contributed by atoms with van der Waals surface area (Å²) in [7, 11) is 0. The normalized spacial score (nSPS) is 22.9. The lowest BCUT2D eigenvalue weighted by molar-refractivity contribution is -0.134. The van der Waals surface area contributed by atoms with E-state index in [9.17, 15) is 14.7 Å². The third-order valence-electron chi connectivity index (χ3n) is 5.34. The molecular formula is C17H25N3O3. The molecule has 1 aromatic heterocycles. The topological polar surface area (TPSA) is 86.3 Å². The van der Waals surface area contributed by atoms with Gasteiger partial charge in [-0.15, -0.1) is 0 Å². The predicted molar refractivity (Wildman–Crippen MR) is 86.1 cm³/mol. The van der Waals surface area contributed by atoms with Crippen LogP contribution in [0.25, 0.3) is 0 Å². The number of H-pyrrole nitrogens is 1. The Bertz CT molecular complexity index is 637. The minimum atomic E-state index is -0.505. The van der Waals surface area contributed by atoms with Crippen LogP contribution in [0.3, 0.4) is 0 Å². The highest BCUT2D eigenvalue weighted by Gasteiger charge is 2.48. The first-order chi connectivity index (χ1) is 10.9. The number of carbonyl (C=O) groups excluding carboxylic acids is 1. The second-order valence-corrected chi connectivity index (χ2v) is 7.01. The van der Waals surface area contributed by atoms with Crippen molar-refractivity contribution in [2.24, 2.45) is 5.92 Å². The molecule has 126 valence electrons. The van der Waals surface area contributed by atoms with Gasteiger partial charge in [0.15, 0.2) is 0 Å². The molecule has 1 atom stereocenters. The second-order valence-electron chi connectivity index (χ2n) is 7.01. The van der Waals surface area contributed by atoms with E-state index in [1.165, 1.54) is 0 Å². The lowest BCUT2D eigenvalue weighted by Crippen LogP contribution is -2.44. The van der Waals surface area contributed by atoms with Crippen molar-refractivity contribution >= 4 is 5.91 Å². The van der Waals surface area contributed by atoms with Crippen molar-refractivity contribution in [2.75, 3.05) is 13.1 Å². The van der Waals surface area contributed by atoms with Gasteiger partial charge in [0.2, 0.25) is 5.91 Å². The van der Waals surface area contributed by atoms with Crippen LogP contribution in [0.1, 0.15) is 49.1 Å². The summed E-state index contributed by atoms with van der Waals surface area (Å²) in [4.78, 5) is 32.3. The lowest BCUT2D eigenvalue weighted by atomic mass is 9.90. The number of aromatic nitrogens is 2. The molecule has 1 aromatic rings. The van der Waals surface area contributed by atoms with Crippen molar-refractivity contribution in [2.45, 2.75) is 58.0 Å². The van der Waals surface area contributed by atoms with E-state index in [1.807, 2.05) is 18.7 Å². The first kappa shape index (κ1) is 16.2. The van der Waals surface area contributed by atoms with E-state index in [1.54, 1.807) is 0 Å². The molecule has 2 heterocycles. The van der Waals surface area contributed by atoms with Gasteiger partial charge in [0.05, 0.1) is 5.60 Å². The molecule has 0 aromatic carbocycles. The van der Waals surface area contributed by atoms with Crippen LogP contribution in [-0.2, 0) is 11.2 Å². The number of likely N-dealkylation sites (tertiary alicyclic amines) is 1. The van der Waals surface area contributed by atoms with Gasteiger partial charge in [0.25, 0.3) is 0 Å². The highest BCUT2D eigenvalue weighted by molar-refractivity contribution is 5.76. The molecule has 0 bridgehead atoms. The SMILES string of the molecule is Cc1nc(=O)[nH]c(C)c1CCC(=O)N1CCCC(C2(O)CC2)C1. The van der Waals surface area contributed by atoms with Crippen LogP contribution in [0.4, 0.5) is 0 Å². The molecule has 1 amide bonds. The molecule has 3 rings (SSSR count). The number of hydrogen-bond acceptors (Lipinski definition) is 4. The molecule has 1 saturated heterocycles. The maximum atomic E-state index is 12.5. The average molecular weight is 319 g/mol. The van der Waals surface area contributed by atoms with Crippen molar-refractivity contribution in [1.29, 1.82) is 0 Å². The summed E-state index contributed by atoms with van der Waals surface area (Å²) in [6.07, 6.45) is 4.74. The Balaban J connectivity index is 1.60. The van der Waals surface area contributed by atoms with E-state index in [0.29, 0.717) is 25.1 Å². The number of piperidine rings is 1. The van der Waals surface area contributed by atoms with E-state index in [-0.39, 0.29) is 17.5 Å². The number of rotatable bonds is 4. The Morgan fingerprint density at radius 3 is 2.83 bits per heavy atom. The van der Waals surface area contributed by atoms with Gasteiger partial charge in [-0.2, -0.15) is 4.98 Å². The van der Waals surface area contributed by atoms with E-state index in [0.717, 1.165) is 43.5 Å². The van der Waals surface area contributed by atoms with Crippen LogP contribution in [0, 0.1) is 19.8 Å². The molecule has 1 unspecified atom stereocenters. The van der Waals surface area contributed by atoms with E-state index < -0.39 is 5.60 Å². The van der Waals surface area contributed by atoms with E-state index in [2.05, 4.69) is 9.97 Å². The fourth-order valence-corrected chi connectivity index (χ4v) is 3.69. The Hall–Kier alpha value is -1.69. The molecule has 2 aliphatic rings. The summed E-state index contributed by atoms with van der Waals surface area (Å²) in [6.45, 7) is 5.11. The zero-order valence-electron chi connectivity index (χ0n) is 13.9. The van der Waals surface area contributed by atoms with Gasteiger partial charge in [0.1, 0.15) is 0 Å². The van der Waals surface area contributed by atoms with Gasteiger partial charge in [0, 0.05) is 36.8 Å². The maximum absolute atomic E-state index is 12.5. The molecule has 1 aliphatic carbocycles. The van der Waals surface area contributed by atoms with Gasteiger partial charge in [-0.1, -0.05) is 0 Å². The molecular weight excluding hydrogens is 294 g/mol. The first-order valence-corrected chi connectivity index (χ1v) is 8.45. The van der Waals surface area contributed by atoms with Gasteiger partial charge in [-0.05, 0) is 51.5 Å². The number of hydrogen-bond donors (Lipinski definition) is 2. The summed E-state index contributed by atoms with van der Waals surface area (Å²) in [5.74, 6) is 0.363. The van der Waals surface area contributed by atoms with Crippen LogP contribution in [0.5, 0.6) is 0 Å². The predicted octanol–water partition coefficient (Wildman–Crippen LogP) is 1.08. The summed E-state index contributed by atoms with van der Waals surface area (Å²) in [5, 5.41) is 10.3. The van der Waals surface area contributed by atoms with Crippen molar-refractivity contribution in [3.63, 3.8) is 0 Å². The van der Waals surface area contributed by atoms with E-state index in [4.69, 9.17) is 0 Å². The number of aliphatic hydroxyl groups is 1. The summed E-state index contributed by atoms with van der Waals surface area (Å²) >= 11 is 0. The second kappa shape index (κ2) is 6.07. The monoisotopic (exact) mass is 319 g/mol. The quantitative estimate of drug-likeness (QED) is 0.869. The highest BCUT2D eigenvalue weighted by Crippen LogP contribution is 2.45. The van der Waals surface area contributed by atoms with Crippen LogP contribution in [-0.4, -0.2) is 44.6 Å². The van der Waals surface area contributed by atoms with E-state index >= 15 is 0 Å². The number of amides is 1. The smallest absolute Gasteiger partial charge is 0.345 e. The van der Waals surface area contributed by atoms with Gasteiger partial charge in [-0.25, -0.2) is 4.79 Å². The molecule has 2 fully saturated rings. The third kappa shape index (κ3) is 3.47. The third-order valence-corrected chi connectivity index (χ3v) is 5.34. The van der Waals surface area contributed by atoms with Gasteiger partial charge >= 0.3 is 5.69 Å². The van der Waals surface area contributed by atoms with Crippen molar-refractivity contribution in [1.82, 2.24) is 14.9 Å². The summed E-state index contributed by atoms with van der Waals surface area (Å²) < 4.78 is 0. The molecule has 0 spiro atoms. The molecule has 0 radical (unpaired) electrons. The number of carbonyl (C=O) groups is 1. The minimum Gasteiger partial charge on any atom is -0.390 e. The molecule has 23 heavy (non-hydrogen) atoms. The summed E-state index contributed by atoms with van der Waals surface area (Å²) in [5.41, 5.74) is 1.59. The molecule has 6 heteroatoms. The van der Waals surface area contributed by atoms with Crippen molar-refractivity contribution in [3.05, 3.63) is 27.4 Å². The van der Waals surface area contributed by atoms with Gasteiger partial charge < -0.3 is 15.0 Å². The Labute approximate surface area is 135 Å².